The Morgan fingerprint density at radius 1 is 1.00 bits per heavy atom. The van der Waals surface area contributed by atoms with Crippen LogP contribution in [0.4, 0.5) is 0 Å². The zero-order valence-corrected chi connectivity index (χ0v) is 14.1. The van der Waals surface area contributed by atoms with Crippen molar-refractivity contribution in [1.82, 2.24) is 5.32 Å². The van der Waals surface area contributed by atoms with Crippen LogP contribution in [0.15, 0.2) is 60.7 Å². The molecule has 0 unspecified atom stereocenters. The molecular formula is C20H26N2O2. The van der Waals surface area contributed by atoms with E-state index < -0.39 is 6.10 Å². The van der Waals surface area contributed by atoms with Gasteiger partial charge in [-0.1, -0.05) is 60.7 Å². The van der Waals surface area contributed by atoms with E-state index in [1.165, 1.54) is 6.92 Å². The third-order valence-corrected chi connectivity index (χ3v) is 4.04. The van der Waals surface area contributed by atoms with E-state index >= 15 is 0 Å². The fourth-order valence-corrected chi connectivity index (χ4v) is 2.89. The summed E-state index contributed by atoms with van der Waals surface area (Å²) in [6, 6.07) is 19.3. The molecule has 2 rings (SSSR count). The first-order valence-electron chi connectivity index (χ1n) is 8.33. The van der Waals surface area contributed by atoms with Gasteiger partial charge in [0.2, 0.25) is 5.91 Å². The number of aliphatic hydroxyl groups excluding tert-OH is 1. The highest BCUT2D eigenvalue weighted by Gasteiger charge is 2.23. The van der Waals surface area contributed by atoms with Crippen LogP contribution >= 0.6 is 0 Å². The summed E-state index contributed by atoms with van der Waals surface area (Å²) in [7, 11) is 0. The summed E-state index contributed by atoms with van der Waals surface area (Å²) in [6.07, 6.45) is 1.04. The zero-order chi connectivity index (χ0) is 17.4. The minimum absolute atomic E-state index is 0.147. The van der Waals surface area contributed by atoms with Gasteiger partial charge in [0, 0.05) is 13.0 Å². The number of nitrogens with two attached hydrogens (primary N) is 1. The number of aliphatic hydroxyl groups is 1. The number of hydrogen-bond donors (Lipinski definition) is 3. The highest BCUT2D eigenvalue weighted by Crippen LogP contribution is 2.12. The van der Waals surface area contributed by atoms with Crippen molar-refractivity contribution in [3.05, 3.63) is 71.8 Å². The van der Waals surface area contributed by atoms with E-state index in [4.69, 9.17) is 5.73 Å². The minimum atomic E-state index is -0.687. The summed E-state index contributed by atoms with van der Waals surface area (Å²) in [5.74, 6) is -0.147. The molecule has 1 amide bonds. The number of nitrogens with one attached hydrogen (secondary N) is 1. The Morgan fingerprint density at radius 3 is 2.00 bits per heavy atom. The molecule has 0 bridgehead atoms. The molecule has 0 aliphatic carbocycles. The van der Waals surface area contributed by atoms with Crippen LogP contribution in [0.2, 0.25) is 0 Å². The van der Waals surface area contributed by atoms with Crippen molar-refractivity contribution in [2.24, 2.45) is 5.73 Å². The molecule has 4 N–H and O–H groups in total. The second-order valence-electron chi connectivity index (χ2n) is 6.25. The number of amides is 1. The van der Waals surface area contributed by atoms with Gasteiger partial charge < -0.3 is 16.2 Å². The summed E-state index contributed by atoms with van der Waals surface area (Å²) >= 11 is 0. The number of rotatable bonds is 8. The molecule has 0 aliphatic heterocycles. The lowest BCUT2D eigenvalue weighted by molar-refractivity contribution is -0.120. The van der Waals surface area contributed by atoms with Gasteiger partial charge in [-0.15, -0.1) is 0 Å². The van der Waals surface area contributed by atoms with Crippen molar-refractivity contribution in [2.75, 3.05) is 0 Å². The Kier molecular flexibility index (Phi) is 6.97. The maximum atomic E-state index is 11.5. The second-order valence-corrected chi connectivity index (χ2v) is 6.25. The van der Waals surface area contributed by atoms with Crippen LogP contribution in [0.25, 0.3) is 0 Å². The molecule has 24 heavy (non-hydrogen) atoms. The summed E-state index contributed by atoms with van der Waals surface area (Å²) in [6.45, 7) is 1.47. The standard InChI is InChI=1S/C20H26N2O2/c1-15(23)22-19(13-17-10-6-3-7-11-17)20(24)14-18(21)12-16-8-4-2-5-9-16/h2-11,18-20,24H,12-14,21H2,1H3,(H,22,23)/t18-,19+,20+/m1/s1. The van der Waals surface area contributed by atoms with E-state index in [0.717, 1.165) is 11.1 Å². The van der Waals surface area contributed by atoms with Gasteiger partial charge in [-0.3, -0.25) is 4.79 Å². The second kappa shape index (κ2) is 9.21. The SMILES string of the molecule is CC(=O)N[C@@H](Cc1ccccc1)[C@@H](O)C[C@H](N)Cc1ccccc1. The lowest BCUT2D eigenvalue weighted by atomic mass is 9.94. The van der Waals surface area contributed by atoms with Gasteiger partial charge in [-0.05, 0) is 30.4 Å². The van der Waals surface area contributed by atoms with Gasteiger partial charge in [0.1, 0.15) is 0 Å². The number of carbonyl (C=O) groups is 1. The van der Waals surface area contributed by atoms with E-state index in [1.807, 2.05) is 60.7 Å². The van der Waals surface area contributed by atoms with Crippen molar-refractivity contribution in [3.8, 4) is 0 Å². The van der Waals surface area contributed by atoms with E-state index in [-0.39, 0.29) is 18.0 Å². The highest BCUT2D eigenvalue weighted by molar-refractivity contribution is 5.73. The molecule has 3 atom stereocenters. The molecule has 4 nitrogen and oxygen atoms in total. The predicted molar refractivity (Wildman–Crippen MR) is 96.5 cm³/mol. The molecule has 128 valence electrons. The topological polar surface area (TPSA) is 75.3 Å². The molecule has 0 saturated heterocycles. The summed E-state index contributed by atoms with van der Waals surface area (Å²) in [5, 5.41) is 13.4. The van der Waals surface area contributed by atoms with E-state index in [9.17, 15) is 9.90 Å². The van der Waals surface area contributed by atoms with E-state index in [0.29, 0.717) is 19.3 Å². The van der Waals surface area contributed by atoms with Gasteiger partial charge in [0.15, 0.2) is 0 Å². The van der Waals surface area contributed by atoms with Gasteiger partial charge >= 0.3 is 0 Å². The van der Waals surface area contributed by atoms with Crippen LogP contribution in [0.1, 0.15) is 24.5 Å². The lowest BCUT2D eigenvalue weighted by Crippen LogP contribution is -2.46. The van der Waals surface area contributed by atoms with Crippen molar-refractivity contribution in [3.63, 3.8) is 0 Å². The Bertz CT molecular complexity index is 616. The molecule has 0 aromatic heterocycles. The summed E-state index contributed by atoms with van der Waals surface area (Å²) in [5.41, 5.74) is 8.42. The highest BCUT2D eigenvalue weighted by atomic mass is 16.3. The van der Waals surface area contributed by atoms with Gasteiger partial charge in [-0.25, -0.2) is 0 Å². The predicted octanol–water partition coefficient (Wildman–Crippen LogP) is 2.05. The van der Waals surface area contributed by atoms with Crippen molar-refractivity contribution in [2.45, 2.75) is 44.4 Å². The fourth-order valence-electron chi connectivity index (χ4n) is 2.89. The number of carbonyl (C=O) groups excluding carboxylic acids is 1. The maximum Gasteiger partial charge on any atom is 0.217 e. The molecule has 2 aromatic rings. The van der Waals surface area contributed by atoms with Crippen molar-refractivity contribution < 1.29 is 9.90 Å². The monoisotopic (exact) mass is 326 g/mol. The first kappa shape index (κ1) is 18.2. The van der Waals surface area contributed by atoms with Crippen LogP contribution in [0.5, 0.6) is 0 Å². The summed E-state index contributed by atoms with van der Waals surface area (Å²) < 4.78 is 0. The lowest BCUT2D eigenvalue weighted by Gasteiger charge is -2.26. The molecule has 0 aliphatic rings. The fraction of sp³-hybridized carbons (Fsp3) is 0.350. The zero-order valence-electron chi connectivity index (χ0n) is 14.1. The largest absolute Gasteiger partial charge is 0.391 e. The van der Waals surface area contributed by atoms with E-state index in [2.05, 4.69) is 5.32 Å². The normalized spacial score (nSPS) is 14.6. The molecule has 2 aromatic carbocycles. The smallest absolute Gasteiger partial charge is 0.217 e. The average Bonchev–Trinajstić information content (AvgIpc) is 2.55. The maximum absolute atomic E-state index is 11.5. The van der Waals surface area contributed by atoms with Crippen LogP contribution in [-0.4, -0.2) is 29.2 Å². The minimum Gasteiger partial charge on any atom is -0.391 e. The Labute approximate surface area is 143 Å². The van der Waals surface area contributed by atoms with Crippen molar-refractivity contribution >= 4 is 5.91 Å². The van der Waals surface area contributed by atoms with Crippen LogP contribution in [-0.2, 0) is 17.6 Å². The first-order valence-corrected chi connectivity index (χ1v) is 8.33. The molecule has 4 heteroatoms. The van der Waals surface area contributed by atoms with Gasteiger partial charge in [0.05, 0.1) is 12.1 Å². The van der Waals surface area contributed by atoms with Crippen molar-refractivity contribution in [1.29, 1.82) is 0 Å². The first-order chi connectivity index (χ1) is 11.5. The quantitative estimate of drug-likeness (QED) is 0.695. The average molecular weight is 326 g/mol. The number of hydrogen-bond acceptors (Lipinski definition) is 3. The molecule has 0 fully saturated rings. The number of benzene rings is 2. The van der Waals surface area contributed by atoms with Crippen LogP contribution in [0.3, 0.4) is 0 Å². The Balaban J connectivity index is 1.96. The molecule has 0 spiro atoms. The van der Waals surface area contributed by atoms with Crippen LogP contribution < -0.4 is 11.1 Å². The van der Waals surface area contributed by atoms with E-state index in [1.54, 1.807) is 0 Å². The molecule has 0 saturated carbocycles. The Hall–Kier alpha value is -2.17. The molecule has 0 heterocycles. The molecule has 0 radical (unpaired) electrons. The Morgan fingerprint density at radius 2 is 1.50 bits per heavy atom. The third-order valence-electron chi connectivity index (χ3n) is 4.04. The summed E-state index contributed by atoms with van der Waals surface area (Å²) in [4.78, 5) is 11.5. The van der Waals surface area contributed by atoms with Gasteiger partial charge in [-0.2, -0.15) is 0 Å². The van der Waals surface area contributed by atoms with Gasteiger partial charge in [0.25, 0.3) is 0 Å². The van der Waals surface area contributed by atoms with Crippen LogP contribution in [0, 0.1) is 0 Å². The third kappa shape index (κ3) is 6.14. The molecular weight excluding hydrogens is 300 g/mol.